The highest BCUT2D eigenvalue weighted by Gasteiger charge is 2.27. The summed E-state index contributed by atoms with van der Waals surface area (Å²) >= 11 is 0. The molecule has 0 saturated heterocycles. The number of anilines is 1. The lowest BCUT2D eigenvalue weighted by atomic mass is 9.88. The number of benzene rings is 1. The Morgan fingerprint density at radius 2 is 2.12 bits per heavy atom. The van der Waals surface area contributed by atoms with Crippen LogP contribution in [0.15, 0.2) is 18.2 Å². The predicted molar refractivity (Wildman–Crippen MR) is 71.8 cm³/mol. The molecule has 0 amide bonds. The Hall–Kier alpha value is -1.53. The van der Waals surface area contributed by atoms with E-state index in [4.69, 9.17) is 11.0 Å². The van der Waals surface area contributed by atoms with Crippen molar-refractivity contribution >= 4 is 5.69 Å². The number of rotatable bonds is 4. The van der Waals surface area contributed by atoms with Gasteiger partial charge in [0, 0.05) is 12.1 Å². The quantitative estimate of drug-likeness (QED) is 0.837. The van der Waals surface area contributed by atoms with Crippen LogP contribution in [0, 0.1) is 24.2 Å². The van der Waals surface area contributed by atoms with Crippen LogP contribution in [0.1, 0.15) is 31.9 Å². The van der Waals surface area contributed by atoms with Gasteiger partial charge in [0.25, 0.3) is 0 Å². The molecule has 0 aliphatic carbocycles. The summed E-state index contributed by atoms with van der Waals surface area (Å²) in [7, 11) is 0. The average Bonchev–Trinajstić information content (AvgIpc) is 2.30. The molecular formula is C14H21N3. The third kappa shape index (κ3) is 2.98. The van der Waals surface area contributed by atoms with Gasteiger partial charge in [0.2, 0.25) is 0 Å². The van der Waals surface area contributed by atoms with Crippen LogP contribution >= 0.6 is 0 Å². The van der Waals surface area contributed by atoms with Crippen LogP contribution < -0.4 is 11.1 Å². The third-order valence-electron chi connectivity index (χ3n) is 3.41. The first-order chi connectivity index (χ1) is 7.92. The van der Waals surface area contributed by atoms with Gasteiger partial charge in [0.1, 0.15) is 6.07 Å². The van der Waals surface area contributed by atoms with Crippen LogP contribution in [-0.2, 0) is 0 Å². The zero-order valence-electron chi connectivity index (χ0n) is 11.0. The lowest BCUT2D eigenvalue weighted by molar-refractivity contribution is 0.382. The van der Waals surface area contributed by atoms with Crippen LogP contribution in [0.25, 0.3) is 0 Å². The molecule has 0 fully saturated rings. The summed E-state index contributed by atoms with van der Waals surface area (Å²) in [6.07, 6.45) is 0. The van der Waals surface area contributed by atoms with Crippen molar-refractivity contribution < 1.29 is 0 Å². The fraction of sp³-hybridized carbons (Fsp3) is 0.500. The Balaban J connectivity index is 3.07. The molecule has 0 bridgehead atoms. The minimum absolute atomic E-state index is 0.194. The topological polar surface area (TPSA) is 61.8 Å². The number of hydrogen-bond donors (Lipinski definition) is 2. The average molecular weight is 231 g/mol. The predicted octanol–water partition coefficient (Wildman–Crippen LogP) is 2.65. The number of nitrogens with zero attached hydrogens (tertiary/aromatic N) is 1. The summed E-state index contributed by atoms with van der Waals surface area (Å²) in [5.41, 5.74) is 8.26. The van der Waals surface area contributed by atoms with E-state index >= 15 is 0 Å². The van der Waals surface area contributed by atoms with Crippen molar-refractivity contribution in [3.8, 4) is 6.07 Å². The first kappa shape index (κ1) is 13.5. The van der Waals surface area contributed by atoms with Crippen LogP contribution in [0.3, 0.4) is 0 Å². The number of nitrogens with two attached hydrogens (primary N) is 1. The van der Waals surface area contributed by atoms with Crippen LogP contribution in [0.2, 0.25) is 0 Å². The monoisotopic (exact) mass is 231 g/mol. The molecule has 1 atom stereocenters. The summed E-state index contributed by atoms with van der Waals surface area (Å²) in [5, 5.41) is 12.5. The molecule has 3 nitrogen and oxygen atoms in total. The molecule has 1 aromatic carbocycles. The third-order valence-corrected chi connectivity index (χ3v) is 3.41. The number of aryl methyl sites for hydroxylation is 1. The lowest BCUT2D eigenvalue weighted by Crippen LogP contribution is -2.47. The molecule has 1 rings (SSSR count). The van der Waals surface area contributed by atoms with E-state index < -0.39 is 0 Å². The summed E-state index contributed by atoms with van der Waals surface area (Å²) in [6, 6.07) is 8.06. The van der Waals surface area contributed by atoms with Gasteiger partial charge in [-0.15, -0.1) is 0 Å². The summed E-state index contributed by atoms with van der Waals surface area (Å²) in [5.74, 6) is 0.389. The van der Waals surface area contributed by atoms with Crippen molar-refractivity contribution in [1.82, 2.24) is 0 Å². The van der Waals surface area contributed by atoms with Crippen molar-refractivity contribution in [1.29, 1.82) is 5.26 Å². The fourth-order valence-electron chi connectivity index (χ4n) is 1.60. The van der Waals surface area contributed by atoms with Gasteiger partial charge in [-0.05, 0) is 37.5 Å². The second-order valence-electron chi connectivity index (χ2n) is 5.06. The lowest BCUT2D eigenvalue weighted by Gasteiger charge is -2.35. The normalized spacial score (nSPS) is 14.2. The molecule has 0 heterocycles. The molecule has 1 aromatic rings. The van der Waals surface area contributed by atoms with Gasteiger partial charge in [-0.2, -0.15) is 5.26 Å². The maximum Gasteiger partial charge on any atom is 0.101 e. The molecular weight excluding hydrogens is 210 g/mol. The minimum Gasteiger partial charge on any atom is -0.377 e. The number of nitrogens with one attached hydrogen (secondary N) is 1. The summed E-state index contributed by atoms with van der Waals surface area (Å²) in [6.45, 7) is 8.84. The van der Waals surface area contributed by atoms with Gasteiger partial charge in [-0.1, -0.05) is 19.9 Å². The van der Waals surface area contributed by atoms with E-state index in [1.54, 1.807) is 0 Å². The molecule has 92 valence electrons. The highest BCUT2D eigenvalue weighted by atomic mass is 15.0. The molecule has 17 heavy (non-hydrogen) atoms. The largest absolute Gasteiger partial charge is 0.377 e. The van der Waals surface area contributed by atoms with Crippen molar-refractivity contribution in [3.63, 3.8) is 0 Å². The van der Waals surface area contributed by atoms with Crippen LogP contribution in [0.5, 0.6) is 0 Å². The molecule has 0 spiro atoms. The highest BCUT2D eigenvalue weighted by Crippen LogP contribution is 2.25. The Morgan fingerprint density at radius 1 is 1.47 bits per heavy atom. The molecule has 3 heteroatoms. The molecule has 0 saturated carbocycles. The van der Waals surface area contributed by atoms with E-state index in [9.17, 15) is 0 Å². The van der Waals surface area contributed by atoms with Crippen LogP contribution in [-0.4, -0.2) is 12.1 Å². The second kappa shape index (κ2) is 5.20. The molecule has 0 radical (unpaired) electrons. The van der Waals surface area contributed by atoms with Gasteiger partial charge in [0.05, 0.1) is 11.3 Å². The van der Waals surface area contributed by atoms with Crippen molar-refractivity contribution in [2.24, 2.45) is 11.7 Å². The Labute approximate surface area is 104 Å². The number of hydrogen-bond acceptors (Lipinski definition) is 3. The first-order valence-corrected chi connectivity index (χ1v) is 5.92. The molecule has 0 aliphatic heterocycles. The summed E-state index contributed by atoms with van der Waals surface area (Å²) in [4.78, 5) is 0. The Bertz CT molecular complexity index is 432. The zero-order chi connectivity index (χ0) is 13.1. The maximum atomic E-state index is 9.13. The summed E-state index contributed by atoms with van der Waals surface area (Å²) < 4.78 is 0. The van der Waals surface area contributed by atoms with E-state index in [1.807, 2.05) is 25.1 Å². The van der Waals surface area contributed by atoms with Crippen molar-refractivity contribution in [2.45, 2.75) is 33.2 Å². The number of nitriles is 1. The van der Waals surface area contributed by atoms with Gasteiger partial charge in [0.15, 0.2) is 0 Å². The van der Waals surface area contributed by atoms with E-state index in [0.29, 0.717) is 18.0 Å². The van der Waals surface area contributed by atoms with Gasteiger partial charge < -0.3 is 11.1 Å². The zero-order valence-corrected chi connectivity index (χ0v) is 11.0. The van der Waals surface area contributed by atoms with E-state index in [-0.39, 0.29) is 5.54 Å². The van der Waals surface area contributed by atoms with Gasteiger partial charge >= 0.3 is 0 Å². The Kier molecular flexibility index (Phi) is 4.14. The van der Waals surface area contributed by atoms with E-state index in [1.165, 1.54) is 0 Å². The molecule has 0 aromatic heterocycles. The van der Waals surface area contributed by atoms with Crippen LogP contribution in [0.4, 0.5) is 5.69 Å². The SMILES string of the molecule is Cc1ccc(NC(C)(CN)C(C)C)c(C#N)c1. The fourth-order valence-corrected chi connectivity index (χ4v) is 1.60. The van der Waals surface area contributed by atoms with E-state index in [2.05, 4.69) is 32.2 Å². The molecule has 3 N–H and O–H groups in total. The second-order valence-corrected chi connectivity index (χ2v) is 5.06. The standard InChI is InChI=1S/C14H21N3/c1-10(2)14(4,9-16)17-13-6-5-11(3)7-12(13)8-15/h5-7,10,17H,9,16H2,1-4H3. The van der Waals surface area contributed by atoms with E-state index in [0.717, 1.165) is 11.3 Å². The molecule has 0 aliphatic rings. The molecule has 1 unspecified atom stereocenters. The maximum absolute atomic E-state index is 9.13. The smallest absolute Gasteiger partial charge is 0.101 e. The highest BCUT2D eigenvalue weighted by molar-refractivity contribution is 5.59. The van der Waals surface area contributed by atoms with Crippen molar-refractivity contribution in [2.75, 3.05) is 11.9 Å². The first-order valence-electron chi connectivity index (χ1n) is 5.92. The minimum atomic E-state index is -0.194. The van der Waals surface area contributed by atoms with Crippen molar-refractivity contribution in [3.05, 3.63) is 29.3 Å². The van der Waals surface area contributed by atoms with Gasteiger partial charge in [-0.25, -0.2) is 0 Å². The Morgan fingerprint density at radius 3 is 2.59 bits per heavy atom. The van der Waals surface area contributed by atoms with Gasteiger partial charge in [-0.3, -0.25) is 0 Å².